The zero-order valence-electron chi connectivity index (χ0n) is 8.16. The third-order valence-corrected chi connectivity index (χ3v) is 2.40. The number of fused-ring (bicyclic) bond motifs is 1. The van der Waals surface area contributed by atoms with Crippen molar-refractivity contribution >= 4 is 22.6 Å². The van der Waals surface area contributed by atoms with Gasteiger partial charge in [0.15, 0.2) is 0 Å². The lowest BCUT2D eigenvalue weighted by molar-refractivity contribution is 0.861. The molecule has 0 aliphatic heterocycles. The summed E-state index contributed by atoms with van der Waals surface area (Å²) in [5.41, 5.74) is 2.94. The molecular weight excluding hydrogens is 196 g/mol. The van der Waals surface area contributed by atoms with Crippen molar-refractivity contribution < 1.29 is 0 Å². The molecule has 0 radical (unpaired) electrons. The van der Waals surface area contributed by atoms with Crippen molar-refractivity contribution in [2.75, 3.05) is 0 Å². The van der Waals surface area contributed by atoms with E-state index in [4.69, 9.17) is 11.6 Å². The third kappa shape index (κ3) is 1.70. The van der Waals surface area contributed by atoms with Gasteiger partial charge in [-0.2, -0.15) is 0 Å². The Morgan fingerprint density at radius 2 is 2.00 bits per heavy atom. The fourth-order valence-electron chi connectivity index (χ4n) is 1.31. The second kappa shape index (κ2) is 3.54. The van der Waals surface area contributed by atoms with Crippen molar-refractivity contribution in [3.05, 3.63) is 35.1 Å². The van der Waals surface area contributed by atoms with Gasteiger partial charge in [0, 0.05) is 6.20 Å². The van der Waals surface area contributed by atoms with E-state index >= 15 is 0 Å². The second-order valence-corrected chi connectivity index (χ2v) is 3.98. The normalized spacial score (nSPS) is 11.1. The van der Waals surface area contributed by atoms with Crippen LogP contribution in [0.3, 0.4) is 0 Å². The number of nitrogens with zero attached hydrogens (tertiary/aromatic N) is 2. The standard InChI is InChI=1S/C11H11ClN2/c1-7(2)8-5-10-9(13-6-8)3-4-11(12)14-10/h3-7H,1-2H3. The molecule has 0 aliphatic carbocycles. The molecule has 72 valence electrons. The molecule has 0 unspecified atom stereocenters. The van der Waals surface area contributed by atoms with Crippen LogP contribution in [0.4, 0.5) is 0 Å². The van der Waals surface area contributed by atoms with Crippen LogP contribution in [0, 0.1) is 0 Å². The van der Waals surface area contributed by atoms with E-state index in [1.54, 1.807) is 6.07 Å². The fraction of sp³-hybridized carbons (Fsp3) is 0.273. The van der Waals surface area contributed by atoms with Crippen molar-refractivity contribution in [1.82, 2.24) is 9.97 Å². The number of pyridine rings is 2. The van der Waals surface area contributed by atoms with E-state index in [2.05, 4.69) is 23.8 Å². The Kier molecular flexibility index (Phi) is 2.38. The zero-order valence-corrected chi connectivity index (χ0v) is 8.92. The Balaban J connectivity index is 2.63. The lowest BCUT2D eigenvalue weighted by Gasteiger charge is -2.05. The number of hydrogen-bond donors (Lipinski definition) is 0. The Hall–Kier alpha value is -1.15. The molecule has 0 spiro atoms. The molecule has 0 saturated heterocycles. The summed E-state index contributed by atoms with van der Waals surface area (Å²) in [6, 6.07) is 5.68. The van der Waals surface area contributed by atoms with E-state index in [-0.39, 0.29) is 0 Å². The predicted octanol–water partition coefficient (Wildman–Crippen LogP) is 3.41. The predicted molar refractivity (Wildman–Crippen MR) is 58.6 cm³/mol. The van der Waals surface area contributed by atoms with Gasteiger partial charge in [0.1, 0.15) is 5.15 Å². The summed E-state index contributed by atoms with van der Waals surface area (Å²) in [5, 5.41) is 0.514. The maximum Gasteiger partial charge on any atom is 0.129 e. The first-order chi connectivity index (χ1) is 6.66. The van der Waals surface area contributed by atoms with Crippen LogP contribution in [0.1, 0.15) is 25.3 Å². The quantitative estimate of drug-likeness (QED) is 0.669. The molecule has 0 aromatic carbocycles. The Labute approximate surface area is 88.0 Å². The summed E-state index contributed by atoms with van der Waals surface area (Å²) in [4.78, 5) is 8.54. The SMILES string of the molecule is CC(C)c1cnc2ccc(Cl)nc2c1. The molecule has 0 atom stereocenters. The van der Waals surface area contributed by atoms with Gasteiger partial charge in [-0.3, -0.25) is 4.98 Å². The Morgan fingerprint density at radius 3 is 2.71 bits per heavy atom. The summed E-state index contributed by atoms with van der Waals surface area (Å²) in [6.07, 6.45) is 1.89. The van der Waals surface area contributed by atoms with E-state index in [0.29, 0.717) is 11.1 Å². The smallest absolute Gasteiger partial charge is 0.129 e. The topological polar surface area (TPSA) is 25.8 Å². The molecule has 0 saturated carbocycles. The second-order valence-electron chi connectivity index (χ2n) is 3.60. The number of rotatable bonds is 1. The van der Waals surface area contributed by atoms with E-state index in [0.717, 1.165) is 11.0 Å². The molecule has 2 heterocycles. The third-order valence-electron chi connectivity index (χ3n) is 2.19. The maximum atomic E-state index is 5.81. The molecule has 2 aromatic heterocycles. The lowest BCUT2D eigenvalue weighted by Crippen LogP contribution is -1.91. The average Bonchev–Trinajstić information content (AvgIpc) is 2.16. The van der Waals surface area contributed by atoms with Gasteiger partial charge in [0.2, 0.25) is 0 Å². The van der Waals surface area contributed by atoms with Gasteiger partial charge >= 0.3 is 0 Å². The summed E-state index contributed by atoms with van der Waals surface area (Å²) in [6.45, 7) is 4.26. The lowest BCUT2D eigenvalue weighted by atomic mass is 10.1. The molecule has 14 heavy (non-hydrogen) atoms. The Bertz CT molecular complexity index is 466. The van der Waals surface area contributed by atoms with Crippen molar-refractivity contribution in [3.63, 3.8) is 0 Å². The molecule has 3 heteroatoms. The van der Waals surface area contributed by atoms with Gasteiger partial charge < -0.3 is 0 Å². The number of aromatic nitrogens is 2. The summed E-state index contributed by atoms with van der Waals surface area (Å²) in [5.74, 6) is 0.465. The van der Waals surface area contributed by atoms with Gasteiger partial charge in [-0.1, -0.05) is 25.4 Å². The molecular formula is C11H11ClN2. The molecule has 2 nitrogen and oxygen atoms in total. The molecule has 0 aliphatic rings. The highest BCUT2D eigenvalue weighted by molar-refractivity contribution is 6.29. The van der Waals surface area contributed by atoms with E-state index in [9.17, 15) is 0 Å². The molecule has 0 amide bonds. The van der Waals surface area contributed by atoms with Crippen molar-refractivity contribution in [2.24, 2.45) is 0 Å². The van der Waals surface area contributed by atoms with Crippen LogP contribution in [0.2, 0.25) is 5.15 Å². The molecule has 2 aromatic rings. The van der Waals surface area contributed by atoms with E-state index in [1.807, 2.05) is 18.3 Å². The molecule has 0 N–H and O–H groups in total. The maximum absolute atomic E-state index is 5.81. The average molecular weight is 207 g/mol. The van der Waals surface area contributed by atoms with Crippen molar-refractivity contribution in [2.45, 2.75) is 19.8 Å². The van der Waals surface area contributed by atoms with E-state index in [1.165, 1.54) is 5.56 Å². The van der Waals surface area contributed by atoms with E-state index < -0.39 is 0 Å². The van der Waals surface area contributed by atoms with Crippen LogP contribution in [0.15, 0.2) is 24.4 Å². The van der Waals surface area contributed by atoms with Gasteiger partial charge in [-0.15, -0.1) is 0 Å². The van der Waals surface area contributed by atoms with Crippen LogP contribution < -0.4 is 0 Å². The zero-order chi connectivity index (χ0) is 10.1. The van der Waals surface area contributed by atoms with Crippen LogP contribution in [-0.2, 0) is 0 Å². The fourth-order valence-corrected chi connectivity index (χ4v) is 1.47. The summed E-state index contributed by atoms with van der Waals surface area (Å²) in [7, 11) is 0. The molecule has 0 fully saturated rings. The monoisotopic (exact) mass is 206 g/mol. The van der Waals surface area contributed by atoms with Crippen molar-refractivity contribution in [3.8, 4) is 0 Å². The molecule has 2 rings (SSSR count). The van der Waals surface area contributed by atoms with Gasteiger partial charge in [-0.05, 0) is 29.7 Å². The van der Waals surface area contributed by atoms with Crippen LogP contribution >= 0.6 is 11.6 Å². The molecule has 0 bridgehead atoms. The largest absolute Gasteiger partial charge is 0.254 e. The first-order valence-corrected chi connectivity index (χ1v) is 4.97. The number of halogens is 1. The minimum absolute atomic E-state index is 0.465. The Morgan fingerprint density at radius 1 is 1.21 bits per heavy atom. The summed E-state index contributed by atoms with van der Waals surface area (Å²) < 4.78 is 0. The summed E-state index contributed by atoms with van der Waals surface area (Å²) >= 11 is 5.81. The van der Waals surface area contributed by atoms with Gasteiger partial charge in [-0.25, -0.2) is 4.98 Å². The van der Waals surface area contributed by atoms with Gasteiger partial charge in [0.25, 0.3) is 0 Å². The van der Waals surface area contributed by atoms with Crippen LogP contribution in [-0.4, -0.2) is 9.97 Å². The van der Waals surface area contributed by atoms with Crippen molar-refractivity contribution in [1.29, 1.82) is 0 Å². The van der Waals surface area contributed by atoms with Gasteiger partial charge in [0.05, 0.1) is 11.0 Å². The highest BCUT2D eigenvalue weighted by atomic mass is 35.5. The highest BCUT2D eigenvalue weighted by Gasteiger charge is 2.02. The highest BCUT2D eigenvalue weighted by Crippen LogP contribution is 2.19. The first-order valence-electron chi connectivity index (χ1n) is 4.59. The first kappa shape index (κ1) is 9.41. The minimum Gasteiger partial charge on any atom is -0.254 e. The minimum atomic E-state index is 0.465. The van der Waals surface area contributed by atoms with Crippen LogP contribution in [0.25, 0.3) is 11.0 Å². The number of hydrogen-bond acceptors (Lipinski definition) is 2. The van der Waals surface area contributed by atoms with Crippen LogP contribution in [0.5, 0.6) is 0 Å².